The fourth-order valence-corrected chi connectivity index (χ4v) is 2.27. The van der Waals surface area contributed by atoms with Gasteiger partial charge in [0.25, 0.3) is 0 Å². The fraction of sp³-hybridized carbons (Fsp3) is 0.538. The zero-order valence-corrected chi connectivity index (χ0v) is 9.69. The Morgan fingerprint density at radius 3 is 2.94 bits per heavy atom. The van der Waals surface area contributed by atoms with E-state index in [0.717, 1.165) is 18.8 Å². The first kappa shape index (κ1) is 11.4. The Kier molecular flexibility index (Phi) is 4.19. The van der Waals surface area contributed by atoms with E-state index in [4.69, 9.17) is 4.42 Å². The second kappa shape index (κ2) is 5.87. The molecule has 1 aliphatic heterocycles. The molecule has 1 aliphatic rings. The molecule has 16 heavy (non-hydrogen) atoms. The van der Waals surface area contributed by atoms with Crippen LogP contribution >= 0.6 is 0 Å². The molecule has 0 radical (unpaired) electrons. The van der Waals surface area contributed by atoms with Gasteiger partial charge in [0.05, 0.1) is 12.3 Å². The molecule has 1 fully saturated rings. The summed E-state index contributed by atoms with van der Waals surface area (Å²) in [4.78, 5) is 2.49. The minimum Gasteiger partial charge on any atom is -0.468 e. The lowest BCUT2D eigenvalue weighted by Gasteiger charge is -2.25. The summed E-state index contributed by atoms with van der Waals surface area (Å²) >= 11 is 0. The molecule has 1 saturated heterocycles. The van der Waals surface area contributed by atoms with E-state index >= 15 is 0 Å². The van der Waals surface area contributed by atoms with E-state index in [-0.39, 0.29) is 0 Å². The van der Waals surface area contributed by atoms with Crippen molar-refractivity contribution in [3.8, 4) is 0 Å². The Labute approximate surface area is 97.1 Å². The van der Waals surface area contributed by atoms with Gasteiger partial charge in [-0.25, -0.2) is 0 Å². The first-order valence-corrected chi connectivity index (χ1v) is 6.01. The lowest BCUT2D eigenvalue weighted by molar-refractivity contribution is 0.211. The number of nitrogens with one attached hydrogen (secondary N) is 1. The Balaban J connectivity index is 1.97. The van der Waals surface area contributed by atoms with Crippen molar-refractivity contribution in [1.29, 1.82) is 0 Å². The van der Waals surface area contributed by atoms with Crippen LogP contribution in [0.2, 0.25) is 0 Å². The molecule has 0 saturated carbocycles. The van der Waals surface area contributed by atoms with Gasteiger partial charge in [0.1, 0.15) is 5.76 Å². The van der Waals surface area contributed by atoms with Crippen LogP contribution in [0.3, 0.4) is 0 Å². The number of rotatable bonds is 6. The molecule has 1 aromatic rings. The number of hydrogen-bond donors (Lipinski definition) is 1. The third-order valence-electron chi connectivity index (χ3n) is 3.08. The summed E-state index contributed by atoms with van der Waals surface area (Å²) in [6.07, 6.45) is 6.26. The molecule has 0 amide bonds. The van der Waals surface area contributed by atoms with E-state index in [2.05, 4.69) is 22.9 Å². The van der Waals surface area contributed by atoms with E-state index in [1.807, 2.05) is 12.1 Å². The van der Waals surface area contributed by atoms with E-state index in [1.54, 1.807) is 6.26 Å². The van der Waals surface area contributed by atoms with Gasteiger partial charge in [-0.2, -0.15) is 0 Å². The maximum Gasteiger partial charge on any atom is 0.122 e. The Morgan fingerprint density at radius 2 is 2.31 bits per heavy atom. The molecule has 1 N–H and O–H groups in total. The van der Waals surface area contributed by atoms with Gasteiger partial charge < -0.3 is 9.73 Å². The van der Waals surface area contributed by atoms with Crippen LogP contribution in [0.25, 0.3) is 0 Å². The molecule has 3 nitrogen and oxygen atoms in total. The summed E-state index contributed by atoms with van der Waals surface area (Å²) in [5, 5.41) is 3.38. The molecule has 0 aromatic carbocycles. The molecule has 0 aliphatic carbocycles. The highest BCUT2D eigenvalue weighted by Crippen LogP contribution is 2.24. The monoisotopic (exact) mass is 220 g/mol. The van der Waals surface area contributed by atoms with Crippen LogP contribution in [0.4, 0.5) is 0 Å². The van der Waals surface area contributed by atoms with Crippen LogP contribution in [0, 0.1) is 0 Å². The third kappa shape index (κ3) is 2.74. The topological polar surface area (TPSA) is 28.4 Å². The van der Waals surface area contributed by atoms with Crippen LogP contribution in [0.1, 0.15) is 24.6 Å². The zero-order valence-electron chi connectivity index (χ0n) is 9.69. The average Bonchev–Trinajstić information content (AvgIpc) is 2.97. The summed E-state index contributed by atoms with van der Waals surface area (Å²) in [6.45, 7) is 7.86. The summed E-state index contributed by atoms with van der Waals surface area (Å²) in [5.41, 5.74) is 0. The van der Waals surface area contributed by atoms with Gasteiger partial charge in [-0.3, -0.25) is 4.90 Å². The number of furan rings is 1. The molecule has 1 aromatic heterocycles. The van der Waals surface area contributed by atoms with Crippen LogP contribution in [-0.4, -0.2) is 31.1 Å². The van der Waals surface area contributed by atoms with Crippen molar-refractivity contribution in [1.82, 2.24) is 10.2 Å². The van der Waals surface area contributed by atoms with Crippen LogP contribution in [-0.2, 0) is 0 Å². The van der Waals surface area contributed by atoms with E-state index in [0.29, 0.717) is 6.04 Å². The number of hydrogen-bond acceptors (Lipinski definition) is 3. The predicted octanol–water partition coefficient (Wildman–Crippen LogP) is 2.19. The van der Waals surface area contributed by atoms with Crippen molar-refractivity contribution in [2.45, 2.75) is 18.9 Å². The largest absolute Gasteiger partial charge is 0.468 e. The summed E-state index contributed by atoms with van der Waals surface area (Å²) < 4.78 is 5.53. The summed E-state index contributed by atoms with van der Waals surface area (Å²) in [6, 6.07) is 4.40. The highest BCUT2D eigenvalue weighted by Gasteiger charge is 2.24. The molecule has 1 unspecified atom stereocenters. The average molecular weight is 220 g/mol. The van der Waals surface area contributed by atoms with Crippen molar-refractivity contribution in [3.05, 3.63) is 36.8 Å². The SMILES string of the molecule is C=CCNCC(c1ccco1)N1CCCC1. The second-order valence-corrected chi connectivity index (χ2v) is 4.22. The molecule has 2 rings (SSSR count). The Bertz CT molecular complexity index is 302. The van der Waals surface area contributed by atoms with Gasteiger partial charge >= 0.3 is 0 Å². The van der Waals surface area contributed by atoms with Crippen LogP contribution in [0.15, 0.2) is 35.5 Å². The molecule has 3 heteroatoms. The van der Waals surface area contributed by atoms with Gasteiger partial charge in [0, 0.05) is 13.1 Å². The van der Waals surface area contributed by atoms with E-state index in [1.165, 1.54) is 25.9 Å². The highest BCUT2D eigenvalue weighted by atomic mass is 16.3. The second-order valence-electron chi connectivity index (χ2n) is 4.22. The molecule has 2 heterocycles. The summed E-state index contributed by atoms with van der Waals surface area (Å²) in [7, 11) is 0. The van der Waals surface area contributed by atoms with Crippen molar-refractivity contribution in [2.24, 2.45) is 0 Å². The first-order valence-electron chi connectivity index (χ1n) is 6.01. The van der Waals surface area contributed by atoms with Gasteiger partial charge in [-0.15, -0.1) is 6.58 Å². The highest BCUT2D eigenvalue weighted by molar-refractivity contribution is 5.06. The van der Waals surface area contributed by atoms with E-state index in [9.17, 15) is 0 Å². The number of likely N-dealkylation sites (tertiary alicyclic amines) is 1. The Hall–Kier alpha value is -1.06. The first-order chi connectivity index (χ1) is 7.92. The van der Waals surface area contributed by atoms with Crippen LogP contribution in [0.5, 0.6) is 0 Å². The molecular weight excluding hydrogens is 200 g/mol. The smallest absolute Gasteiger partial charge is 0.122 e. The van der Waals surface area contributed by atoms with Crippen molar-refractivity contribution >= 4 is 0 Å². The normalized spacial score (nSPS) is 18.8. The van der Waals surface area contributed by atoms with Crippen molar-refractivity contribution in [2.75, 3.05) is 26.2 Å². The Morgan fingerprint density at radius 1 is 1.50 bits per heavy atom. The van der Waals surface area contributed by atoms with Crippen LogP contribution < -0.4 is 5.32 Å². The molecular formula is C13H20N2O. The van der Waals surface area contributed by atoms with Gasteiger partial charge in [-0.05, 0) is 38.1 Å². The lowest BCUT2D eigenvalue weighted by atomic mass is 10.2. The molecule has 1 atom stereocenters. The number of nitrogens with zero attached hydrogens (tertiary/aromatic N) is 1. The molecule has 0 spiro atoms. The van der Waals surface area contributed by atoms with Gasteiger partial charge in [0.2, 0.25) is 0 Å². The zero-order chi connectivity index (χ0) is 11.2. The van der Waals surface area contributed by atoms with Gasteiger partial charge in [-0.1, -0.05) is 6.08 Å². The standard InChI is InChI=1S/C13H20N2O/c1-2-7-14-11-12(13-6-5-10-16-13)15-8-3-4-9-15/h2,5-6,10,12,14H,1,3-4,7-9,11H2. The van der Waals surface area contributed by atoms with Crippen molar-refractivity contribution in [3.63, 3.8) is 0 Å². The third-order valence-corrected chi connectivity index (χ3v) is 3.08. The predicted molar refractivity (Wildman–Crippen MR) is 65.3 cm³/mol. The molecule has 0 bridgehead atoms. The summed E-state index contributed by atoms with van der Waals surface area (Å²) in [5.74, 6) is 1.07. The maximum atomic E-state index is 5.53. The lowest BCUT2D eigenvalue weighted by Crippen LogP contribution is -2.34. The van der Waals surface area contributed by atoms with E-state index < -0.39 is 0 Å². The minimum absolute atomic E-state index is 0.373. The maximum absolute atomic E-state index is 5.53. The molecule has 88 valence electrons. The quantitative estimate of drug-likeness (QED) is 0.588. The fourth-order valence-electron chi connectivity index (χ4n) is 2.27. The van der Waals surface area contributed by atoms with Crippen molar-refractivity contribution < 1.29 is 4.42 Å². The van der Waals surface area contributed by atoms with Gasteiger partial charge in [0.15, 0.2) is 0 Å². The minimum atomic E-state index is 0.373.